The van der Waals surface area contributed by atoms with Gasteiger partial charge in [0.15, 0.2) is 11.6 Å². The fraction of sp³-hybridized carbons (Fsp3) is 0.609. The molecule has 4 heteroatoms. The number of rotatable bonds is 5. The summed E-state index contributed by atoms with van der Waals surface area (Å²) in [5, 5.41) is 0.800. The van der Waals surface area contributed by atoms with Crippen LogP contribution in [0.2, 0.25) is 0 Å². The first-order valence-corrected chi connectivity index (χ1v) is 11.1. The standard InChI is InChI=1S/C23H29O3P/c24-19(16-12-11-14-5-1-2-6-15(14)13-16)9-3-8-18-22(25)17-7-4-10-20(27)21(17)23(18)26/h4,7,10,14-16,18H,1-3,5-6,8-9,11-13,27H2. The Balaban J connectivity index is 1.30. The second-order valence-corrected chi connectivity index (χ2v) is 9.35. The van der Waals surface area contributed by atoms with Crippen molar-refractivity contribution in [3.05, 3.63) is 29.3 Å². The van der Waals surface area contributed by atoms with Crippen molar-refractivity contribution in [1.82, 2.24) is 0 Å². The molecule has 0 bridgehead atoms. The van der Waals surface area contributed by atoms with Crippen molar-refractivity contribution in [3.8, 4) is 0 Å². The maximum Gasteiger partial charge on any atom is 0.175 e. The zero-order valence-electron chi connectivity index (χ0n) is 15.9. The van der Waals surface area contributed by atoms with Gasteiger partial charge in [0.2, 0.25) is 0 Å². The molecule has 0 N–H and O–H groups in total. The van der Waals surface area contributed by atoms with E-state index in [2.05, 4.69) is 9.24 Å². The van der Waals surface area contributed by atoms with Crippen molar-refractivity contribution in [2.24, 2.45) is 23.7 Å². The SMILES string of the molecule is O=C(CCCC1C(=O)c2cccc(P)c2C1=O)C1CCC2CCCCC2C1. The molecule has 2 saturated carbocycles. The van der Waals surface area contributed by atoms with Gasteiger partial charge in [-0.05, 0) is 49.2 Å². The second kappa shape index (κ2) is 7.95. The molecule has 0 amide bonds. The van der Waals surface area contributed by atoms with Crippen LogP contribution in [0.15, 0.2) is 18.2 Å². The number of hydrogen-bond donors (Lipinski definition) is 0. The number of ketones is 3. The molecule has 0 aromatic heterocycles. The number of benzene rings is 1. The summed E-state index contributed by atoms with van der Waals surface area (Å²) < 4.78 is 0. The maximum atomic E-state index is 12.7. The lowest BCUT2D eigenvalue weighted by atomic mass is 9.66. The van der Waals surface area contributed by atoms with Crippen molar-refractivity contribution >= 4 is 31.9 Å². The lowest BCUT2D eigenvalue weighted by Gasteiger charge is -2.38. The first-order chi connectivity index (χ1) is 13.1. The largest absolute Gasteiger partial charge is 0.299 e. The Labute approximate surface area is 163 Å². The highest BCUT2D eigenvalue weighted by Crippen LogP contribution is 2.43. The van der Waals surface area contributed by atoms with Gasteiger partial charge in [0.25, 0.3) is 0 Å². The van der Waals surface area contributed by atoms with Crippen LogP contribution in [0.5, 0.6) is 0 Å². The molecule has 0 radical (unpaired) electrons. The highest BCUT2D eigenvalue weighted by Gasteiger charge is 2.39. The van der Waals surface area contributed by atoms with Crippen molar-refractivity contribution in [3.63, 3.8) is 0 Å². The molecule has 0 heterocycles. The number of carbonyl (C=O) groups is 3. The zero-order chi connectivity index (χ0) is 19.0. The molecule has 4 rings (SSSR count). The van der Waals surface area contributed by atoms with E-state index in [0.29, 0.717) is 36.2 Å². The molecule has 1 aromatic rings. The zero-order valence-corrected chi connectivity index (χ0v) is 17.1. The van der Waals surface area contributed by atoms with Gasteiger partial charge in [0, 0.05) is 23.5 Å². The van der Waals surface area contributed by atoms with Crippen LogP contribution in [0, 0.1) is 23.7 Å². The summed E-state index contributed by atoms with van der Waals surface area (Å²) in [6.45, 7) is 0. The average molecular weight is 384 g/mol. The molecule has 5 unspecified atom stereocenters. The fourth-order valence-electron chi connectivity index (χ4n) is 5.64. The van der Waals surface area contributed by atoms with Crippen LogP contribution in [-0.2, 0) is 4.79 Å². The quantitative estimate of drug-likeness (QED) is 0.554. The Morgan fingerprint density at radius 3 is 2.56 bits per heavy atom. The van der Waals surface area contributed by atoms with Gasteiger partial charge in [-0.3, -0.25) is 14.4 Å². The minimum Gasteiger partial charge on any atom is -0.299 e. The topological polar surface area (TPSA) is 51.2 Å². The second-order valence-electron chi connectivity index (χ2n) is 8.72. The molecule has 2 fully saturated rings. The molecule has 3 aliphatic carbocycles. The molecule has 144 valence electrons. The van der Waals surface area contributed by atoms with E-state index in [1.54, 1.807) is 6.07 Å². The average Bonchev–Trinajstić information content (AvgIpc) is 2.93. The number of carbonyl (C=O) groups excluding carboxylic acids is 3. The molecule has 0 saturated heterocycles. The van der Waals surface area contributed by atoms with E-state index in [-0.39, 0.29) is 17.5 Å². The van der Waals surface area contributed by atoms with Crippen LogP contribution in [-0.4, -0.2) is 17.3 Å². The lowest BCUT2D eigenvalue weighted by Crippen LogP contribution is -2.31. The van der Waals surface area contributed by atoms with Crippen LogP contribution in [0.3, 0.4) is 0 Å². The molecule has 1 aromatic carbocycles. The minimum atomic E-state index is -0.580. The predicted molar refractivity (Wildman–Crippen MR) is 110 cm³/mol. The van der Waals surface area contributed by atoms with Crippen molar-refractivity contribution in [2.45, 2.75) is 64.2 Å². The minimum absolute atomic E-state index is 0.0595. The van der Waals surface area contributed by atoms with Gasteiger partial charge < -0.3 is 0 Å². The van der Waals surface area contributed by atoms with Crippen LogP contribution in [0.25, 0.3) is 0 Å². The number of fused-ring (bicyclic) bond motifs is 2. The number of Topliss-reactive ketones (excluding diaryl/α,β-unsaturated/α-hetero) is 3. The lowest BCUT2D eigenvalue weighted by molar-refractivity contribution is -0.125. The summed E-state index contributed by atoms with van der Waals surface area (Å²) in [4.78, 5) is 37.9. The molecule has 27 heavy (non-hydrogen) atoms. The smallest absolute Gasteiger partial charge is 0.175 e. The first-order valence-electron chi connectivity index (χ1n) is 10.6. The van der Waals surface area contributed by atoms with Gasteiger partial charge >= 0.3 is 0 Å². The third-order valence-electron chi connectivity index (χ3n) is 7.15. The third kappa shape index (κ3) is 3.68. The van der Waals surface area contributed by atoms with Crippen molar-refractivity contribution in [1.29, 1.82) is 0 Å². The van der Waals surface area contributed by atoms with E-state index in [1.807, 2.05) is 12.1 Å². The molecule has 5 atom stereocenters. The summed E-state index contributed by atoms with van der Waals surface area (Å²) >= 11 is 0. The molecule has 3 nitrogen and oxygen atoms in total. The van der Waals surface area contributed by atoms with E-state index in [1.165, 1.54) is 32.1 Å². The van der Waals surface area contributed by atoms with E-state index in [0.717, 1.165) is 30.0 Å². The van der Waals surface area contributed by atoms with E-state index in [4.69, 9.17) is 0 Å². The van der Waals surface area contributed by atoms with Crippen LogP contribution in [0.4, 0.5) is 0 Å². The van der Waals surface area contributed by atoms with Crippen LogP contribution >= 0.6 is 9.24 Å². The van der Waals surface area contributed by atoms with Gasteiger partial charge in [0.05, 0.1) is 5.92 Å². The van der Waals surface area contributed by atoms with Gasteiger partial charge in [0.1, 0.15) is 5.78 Å². The van der Waals surface area contributed by atoms with Gasteiger partial charge in [-0.2, -0.15) is 0 Å². The highest BCUT2D eigenvalue weighted by molar-refractivity contribution is 7.27. The third-order valence-corrected chi connectivity index (χ3v) is 7.63. The van der Waals surface area contributed by atoms with Gasteiger partial charge in [-0.25, -0.2) is 0 Å². The summed E-state index contributed by atoms with van der Waals surface area (Å²) in [7, 11) is 2.55. The normalized spacial score (nSPS) is 30.1. The Morgan fingerprint density at radius 2 is 1.78 bits per heavy atom. The monoisotopic (exact) mass is 384 g/mol. The predicted octanol–water partition coefficient (Wildman–Crippen LogP) is 4.53. The van der Waals surface area contributed by atoms with Crippen molar-refractivity contribution < 1.29 is 14.4 Å². The summed E-state index contributed by atoms with van der Waals surface area (Å²) in [5.41, 5.74) is 1.12. The molecule has 0 spiro atoms. The summed E-state index contributed by atoms with van der Waals surface area (Å²) in [6.07, 6.45) is 10.3. The first kappa shape index (κ1) is 19.0. The Morgan fingerprint density at radius 1 is 1.00 bits per heavy atom. The maximum absolute atomic E-state index is 12.7. The van der Waals surface area contributed by atoms with E-state index >= 15 is 0 Å². The highest BCUT2D eigenvalue weighted by atomic mass is 31.0. The Kier molecular flexibility index (Phi) is 5.60. The summed E-state index contributed by atoms with van der Waals surface area (Å²) in [6, 6.07) is 5.42. The molecule has 0 aliphatic heterocycles. The van der Waals surface area contributed by atoms with Crippen LogP contribution < -0.4 is 5.30 Å². The fourth-order valence-corrected chi connectivity index (χ4v) is 6.05. The Bertz CT molecular complexity index is 769. The summed E-state index contributed by atoms with van der Waals surface area (Å²) in [5.74, 6) is 1.50. The van der Waals surface area contributed by atoms with Gasteiger partial charge in [-0.1, -0.05) is 43.9 Å². The van der Waals surface area contributed by atoms with Crippen LogP contribution in [0.1, 0.15) is 84.9 Å². The van der Waals surface area contributed by atoms with Crippen molar-refractivity contribution in [2.75, 3.05) is 0 Å². The number of hydrogen-bond acceptors (Lipinski definition) is 3. The molecular formula is C23H29O3P. The molecule has 3 aliphatic rings. The van der Waals surface area contributed by atoms with E-state index < -0.39 is 5.92 Å². The molecular weight excluding hydrogens is 355 g/mol. The van der Waals surface area contributed by atoms with Gasteiger partial charge in [-0.15, -0.1) is 9.24 Å². The Hall–Kier alpha value is -1.34. The van der Waals surface area contributed by atoms with E-state index in [9.17, 15) is 14.4 Å².